The Morgan fingerprint density at radius 2 is 2.00 bits per heavy atom. The van der Waals surface area contributed by atoms with Crippen LogP contribution >= 0.6 is 11.3 Å². The van der Waals surface area contributed by atoms with Crippen LogP contribution in [-0.2, 0) is 6.42 Å². The van der Waals surface area contributed by atoms with Crippen LogP contribution < -0.4 is 5.73 Å². The summed E-state index contributed by atoms with van der Waals surface area (Å²) in [4.78, 5) is 2.74. The molecular weight excluding hydrogens is 178 g/mol. The molecule has 2 heteroatoms. The molecule has 1 aromatic rings. The van der Waals surface area contributed by atoms with Gasteiger partial charge in [0.15, 0.2) is 0 Å². The monoisotopic (exact) mass is 197 g/mol. The van der Waals surface area contributed by atoms with Crippen molar-refractivity contribution in [3.8, 4) is 0 Å². The first-order valence-electron chi connectivity index (χ1n) is 4.79. The third-order valence-corrected chi connectivity index (χ3v) is 3.58. The fourth-order valence-corrected chi connectivity index (χ4v) is 2.38. The quantitative estimate of drug-likeness (QED) is 0.773. The maximum atomic E-state index is 6.15. The third kappa shape index (κ3) is 2.55. The maximum Gasteiger partial charge on any atom is 0.0439 e. The fourth-order valence-electron chi connectivity index (χ4n) is 1.18. The fraction of sp³-hybridized carbons (Fsp3) is 0.636. The minimum absolute atomic E-state index is 0.163. The van der Waals surface area contributed by atoms with Gasteiger partial charge in [-0.25, -0.2) is 0 Å². The average molecular weight is 197 g/mol. The molecule has 0 aliphatic heterocycles. The van der Waals surface area contributed by atoms with E-state index in [2.05, 4.69) is 39.8 Å². The van der Waals surface area contributed by atoms with Crippen molar-refractivity contribution < 1.29 is 0 Å². The molecule has 1 atom stereocenters. The summed E-state index contributed by atoms with van der Waals surface area (Å²) >= 11 is 1.84. The first kappa shape index (κ1) is 10.7. The van der Waals surface area contributed by atoms with E-state index in [1.165, 1.54) is 9.75 Å². The van der Waals surface area contributed by atoms with Crippen LogP contribution in [0.15, 0.2) is 12.1 Å². The molecule has 0 saturated carbocycles. The van der Waals surface area contributed by atoms with Gasteiger partial charge in [-0.05, 0) is 24.0 Å². The van der Waals surface area contributed by atoms with E-state index in [9.17, 15) is 0 Å². The number of rotatable bonds is 2. The predicted octanol–water partition coefficient (Wildman–Crippen LogP) is 3.36. The Morgan fingerprint density at radius 3 is 2.38 bits per heavy atom. The molecule has 1 nitrogen and oxygen atoms in total. The van der Waals surface area contributed by atoms with Crippen molar-refractivity contribution >= 4 is 11.3 Å². The van der Waals surface area contributed by atoms with Crippen LogP contribution in [0.5, 0.6) is 0 Å². The molecule has 0 amide bonds. The van der Waals surface area contributed by atoms with Crippen molar-refractivity contribution in [3.05, 3.63) is 21.9 Å². The summed E-state index contributed by atoms with van der Waals surface area (Å²) in [6.07, 6.45) is 1.11. The lowest BCUT2D eigenvalue weighted by atomic mass is 9.87. The number of hydrogen-bond acceptors (Lipinski definition) is 2. The molecule has 1 unspecified atom stereocenters. The lowest BCUT2D eigenvalue weighted by Gasteiger charge is -2.25. The molecule has 1 heterocycles. The Bertz CT molecular complexity index is 270. The molecule has 0 spiro atoms. The Hall–Kier alpha value is -0.340. The van der Waals surface area contributed by atoms with E-state index >= 15 is 0 Å². The number of thiophene rings is 1. The van der Waals surface area contributed by atoms with E-state index in [-0.39, 0.29) is 11.5 Å². The van der Waals surface area contributed by atoms with Crippen molar-refractivity contribution in [1.29, 1.82) is 0 Å². The van der Waals surface area contributed by atoms with Gasteiger partial charge in [-0.1, -0.05) is 27.7 Å². The Labute approximate surface area is 85.0 Å². The molecule has 0 bridgehead atoms. The Kier molecular flexibility index (Phi) is 3.14. The summed E-state index contributed by atoms with van der Waals surface area (Å²) < 4.78 is 0. The van der Waals surface area contributed by atoms with Crippen LogP contribution in [0.25, 0.3) is 0 Å². The van der Waals surface area contributed by atoms with Gasteiger partial charge in [0.25, 0.3) is 0 Å². The van der Waals surface area contributed by atoms with E-state index < -0.39 is 0 Å². The molecule has 0 aliphatic carbocycles. The topological polar surface area (TPSA) is 26.0 Å². The minimum Gasteiger partial charge on any atom is -0.323 e. The second kappa shape index (κ2) is 3.81. The number of aryl methyl sites for hydroxylation is 1. The van der Waals surface area contributed by atoms with Gasteiger partial charge in [0, 0.05) is 15.8 Å². The smallest absolute Gasteiger partial charge is 0.0439 e. The molecule has 0 aromatic carbocycles. The molecule has 2 N–H and O–H groups in total. The highest BCUT2D eigenvalue weighted by Gasteiger charge is 2.23. The average Bonchev–Trinajstić information content (AvgIpc) is 2.48. The van der Waals surface area contributed by atoms with Gasteiger partial charge in [0.05, 0.1) is 0 Å². The van der Waals surface area contributed by atoms with E-state index in [1.54, 1.807) is 0 Å². The van der Waals surface area contributed by atoms with Gasteiger partial charge in [0.1, 0.15) is 0 Å². The Morgan fingerprint density at radius 1 is 1.38 bits per heavy atom. The highest BCUT2D eigenvalue weighted by Crippen LogP contribution is 2.34. The second-order valence-corrected chi connectivity index (χ2v) is 5.70. The maximum absolute atomic E-state index is 6.15. The number of nitrogens with two attached hydrogens (primary N) is 1. The predicted molar refractivity (Wildman–Crippen MR) is 60.1 cm³/mol. The molecule has 74 valence electrons. The molecule has 1 rings (SSSR count). The van der Waals surface area contributed by atoms with Crippen LogP contribution in [0.3, 0.4) is 0 Å². The van der Waals surface area contributed by atoms with Crippen LogP contribution in [0.4, 0.5) is 0 Å². The molecule has 1 aromatic heterocycles. The zero-order valence-corrected chi connectivity index (χ0v) is 9.74. The second-order valence-electron chi connectivity index (χ2n) is 4.50. The van der Waals surface area contributed by atoms with Gasteiger partial charge in [-0.3, -0.25) is 0 Å². The van der Waals surface area contributed by atoms with Crippen molar-refractivity contribution in [2.24, 2.45) is 11.1 Å². The van der Waals surface area contributed by atoms with E-state index in [4.69, 9.17) is 5.73 Å². The van der Waals surface area contributed by atoms with Gasteiger partial charge >= 0.3 is 0 Å². The molecule has 0 aliphatic rings. The van der Waals surface area contributed by atoms with Crippen LogP contribution in [0, 0.1) is 5.41 Å². The third-order valence-electron chi connectivity index (χ3n) is 2.27. The van der Waals surface area contributed by atoms with Crippen LogP contribution in [-0.4, -0.2) is 0 Å². The first-order chi connectivity index (χ1) is 5.95. The lowest BCUT2D eigenvalue weighted by molar-refractivity contribution is 0.331. The van der Waals surface area contributed by atoms with Gasteiger partial charge in [0.2, 0.25) is 0 Å². The summed E-state index contributed by atoms with van der Waals surface area (Å²) in [7, 11) is 0. The van der Waals surface area contributed by atoms with Crippen molar-refractivity contribution in [3.63, 3.8) is 0 Å². The van der Waals surface area contributed by atoms with E-state index in [0.29, 0.717) is 0 Å². The molecule has 0 radical (unpaired) electrons. The molecular formula is C11H19NS. The molecule has 0 fully saturated rings. The summed E-state index contributed by atoms with van der Waals surface area (Å²) in [6, 6.07) is 4.52. The first-order valence-corrected chi connectivity index (χ1v) is 5.61. The van der Waals surface area contributed by atoms with E-state index in [1.807, 2.05) is 11.3 Å². The molecule has 13 heavy (non-hydrogen) atoms. The van der Waals surface area contributed by atoms with E-state index in [0.717, 1.165) is 6.42 Å². The van der Waals surface area contributed by atoms with Crippen molar-refractivity contribution in [2.45, 2.75) is 40.2 Å². The molecule has 0 saturated heterocycles. The number of hydrogen-bond donors (Lipinski definition) is 1. The van der Waals surface area contributed by atoms with Gasteiger partial charge in [-0.2, -0.15) is 0 Å². The minimum atomic E-state index is 0.163. The largest absolute Gasteiger partial charge is 0.323 e. The van der Waals surface area contributed by atoms with Crippen LogP contribution in [0.2, 0.25) is 0 Å². The summed E-state index contributed by atoms with van der Waals surface area (Å²) in [6.45, 7) is 8.73. The zero-order valence-electron chi connectivity index (χ0n) is 8.92. The van der Waals surface area contributed by atoms with Gasteiger partial charge in [-0.15, -0.1) is 11.3 Å². The SMILES string of the molecule is CCc1ccc(C(N)C(C)(C)C)s1. The van der Waals surface area contributed by atoms with Gasteiger partial charge < -0.3 is 5.73 Å². The zero-order chi connectivity index (χ0) is 10.1. The Balaban J connectivity index is 2.83. The summed E-state index contributed by atoms with van der Waals surface area (Å²) in [5, 5.41) is 0. The van der Waals surface area contributed by atoms with Crippen molar-refractivity contribution in [1.82, 2.24) is 0 Å². The summed E-state index contributed by atoms with van der Waals surface area (Å²) in [5.41, 5.74) is 6.31. The summed E-state index contributed by atoms with van der Waals surface area (Å²) in [5.74, 6) is 0. The normalized spacial score (nSPS) is 14.5. The van der Waals surface area contributed by atoms with Crippen LogP contribution in [0.1, 0.15) is 43.5 Å². The van der Waals surface area contributed by atoms with Crippen molar-refractivity contribution in [2.75, 3.05) is 0 Å². The highest BCUT2D eigenvalue weighted by atomic mass is 32.1. The highest BCUT2D eigenvalue weighted by molar-refractivity contribution is 7.12. The lowest BCUT2D eigenvalue weighted by Crippen LogP contribution is -2.25. The standard InChI is InChI=1S/C11H19NS/c1-5-8-6-7-9(13-8)10(12)11(2,3)4/h6-7,10H,5,12H2,1-4H3.